The van der Waals surface area contributed by atoms with Crippen molar-refractivity contribution < 1.29 is 0 Å². The normalized spacial score (nSPS) is 35.5. The molecule has 1 fully saturated rings. The predicted molar refractivity (Wildman–Crippen MR) is 71.4 cm³/mol. The standard InChI is InChI=1S/C16H26/c1-5-11(2)10-14-8-6-12(3)15-9-7-13(4)16(14)15/h10,12,14-15H,5-9H2,1-4H3. The lowest BCUT2D eigenvalue weighted by molar-refractivity contribution is 0.300. The lowest BCUT2D eigenvalue weighted by Gasteiger charge is -2.34. The number of allylic oxidation sites excluding steroid dienone is 4. The van der Waals surface area contributed by atoms with Crippen LogP contribution in [-0.4, -0.2) is 0 Å². The van der Waals surface area contributed by atoms with E-state index in [1.807, 2.05) is 5.57 Å². The molecule has 16 heavy (non-hydrogen) atoms. The molecule has 0 aromatic rings. The molecule has 0 spiro atoms. The Bertz CT molecular complexity index is 319. The minimum absolute atomic E-state index is 0.781. The Hall–Kier alpha value is -0.520. The molecule has 0 aromatic carbocycles. The molecule has 0 amide bonds. The van der Waals surface area contributed by atoms with Gasteiger partial charge in [-0.2, -0.15) is 0 Å². The number of fused-ring (bicyclic) bond motifs is 1. The first-order valence-electron chi connectivity index (χ1n) is 7.00. The Morgan fingerprint density at radius 1 is 1.31 bits per heavy atom. The maximum absolute atomic E-state index is 2.56. The second kappa shape index (κ2) is 4.77. The van der Waals surface area contributed by atoms with Gasteiger partial charge in [0.25, 0.3) is 0 Å². The topological polar surface area (TPSA) is 0 Å². The maximum Gasteiger partial charge on any atom is -0.00152 e. The van der Waals surface area contributed by atoms with Crippen LogP contribution in [0.4, 0.5) is 0 Å². The van der Waals surface area contributed by atoms with Crippen LogP contribution in [0.15, 0.2) is 22.8 Å². The lowest BCUT2D eigenvalue weighted by atomic mass is 9.71. The number of hydrogen-bond donors (Lipinski definition) is 0. The van der Waals surface area contributed by atoms with Gasteiger partial charge in [0.2, 0.25) is 0 Å². The smallest absolute Gasteiger partial charge is 0.00152 e. The molecule has 0 heterocycles. The molecule has 2 aliphatic rings. The van der Waals surface area contributed by atoms with Crippen LogP contribution in [-0.2, 0) is 0 Å². The summed E-state index contributed by atoms with van der Waals surface area (Å²) < 4.78 is 0. The van der Waals surface area contributed by atoms with Crippen LogP contribution in [0.3, 0.4) is 0 Å². The fraction of sp³-hybridized carbons (Fsp3) is 0.750. The summed E-state index contributed by atoms with van der Waals surface area (Å²) in [5, 5.41) is 0. The maximum atomic E-state index is 2.56. The Labute approximate surface area is 101 Å². The number of hydrogen-bond acceptors (Lipinski definition) is 0. The molecule has 0 saturated heterocycles. The highest BCUT2D eigenvalue weighted by molar-refractivity contribution is 5.30. The van der Waals surface area contributed by atoms with E-state index < -0.39 is 0 Å². The SMILES string of the molecule is CCC(C)=CC1CCC(C)C2CCC(C)=C12. The van der Waals surface area contributed by atoms with Crippen LogP contribution < -0.4 is 0 Å². The monoisotopic (exact) mass is 218 g/mol. The Morgan fingerprint density at radius 2 is 2.06 bits per heavy atom. The van der Waals surface area contributed by atoms with Gasteiger partial charge in [-0.25, -0.2) is 0 Å². The van der Waals surface area contributed by atoms with Crippen LogP contribution in [0.5, 0.6) is 0 Å². The molecule has 0 radical (unpaired) electrons. The zero-order chi connectivity index (χ0) is 11.7. The van der Waals surface area contributed by atoms with E-state index in [2.05, 4.69) is 33.8 Å². The van der Waals surface area contributed by atoms with Crippen LogP contribution in [0, 0.1) is 17.8 Å². The highest BCUT2D eigenvalue weighted by Gasteiger charge is 2.35. The Balaban J connectivity index is 2.24. The van der Waals surface area contributed by atoms with E-state index in [1.165, 1.54) is 32.1 Å². The zero-order valence-corrected chi connectivity index (χ0v) is 11.3. The molecule has 1 saturated carbocycles. The van der Waals surface area contributed by atoms with E-state index in [-0.39, 0.29) is 0 Å². The van der Waals surface area contributed by atoms with Crippen molar-refractivity contribution in [3.05, 3.63) is 22.8 Å². The van der Waals surface area contributed by atoms with Crippen molar-refractivity contribution in [3.63, 3.8) is 0 Å². The lowest BCUT2D eigenvalue weighted by Crippen LogP contribution is -2.23. The summed E-state index contributed by atoms with van der Waals surface area (Å²) in [4.78, 5) is 0. The zero-order valence-electron chi connectivity index (χ0n) is 11.3. The molecule has 3 unspecified atom stereocenters. The quantitative estimate of drug-likeness (QED) is 0.565. The summed E-state index contributed by atoms with van der Waals surface area (Å²) in [5.74, 6) is 2.63. The third-order valence-electron chi connectivity index (χ3n) is 4.79. The Morgan fingerprint density at radius 3 is 2.75 bits per heavy atom. The van der Waals surface area contributed by atoms with Crippen LogP contribution >= 0.6 is 0 Å². The third-order valence-corrected chi connectivity index (χ3v) is 4.79. The van der Waals surface area contributed by atoms with E-state index in [1.54, 1.807) is 11.1 Å². The predicted octanol–water partition coefficient (Wildman–Crippen LogP) is 5.12. The first-order chi connectivity index (χ1) is 7.63. The summed E-state index contributed by atoms with van der Waals surface area (Å²) in [6, 6.07) is 0. The fourth-order valence-corrected chi connectivity index (χ4v) is 3.60. The van der Waals surface area contributed by atoms with Crippen molar-refractivity contribution >= 4 is 0 Å². The van der Waals surface area contributed by atoms with E-state index >= 15 is 0 Å². The van der Waals surface area contributed by atoms with Gasteiger partial charge in [-0.15, -0.1) is 0 Å². The van der Waals surface area contributed by atoms with Crippen molar-refractivity contribution in [1.29, 1.82) is 0 Å². The van der Waals surface area contributed by atoms with Crippen molar-refractivity contribution in [3.8, 4) is 0 Å². The summed E-state index contributed by atoms with van der Waals surface area (Å²) in [5.41, 5.74) is 5.11. The molecule has 0 heteroatoms. The second-order valence-electron chi connectivity index (χ2n) is 5.91. The summed E-state index contributed by atoms with van der Waals surface area (Å²) in [7, 11) is 0. The van der Waals surface area contributed by atoms with E-state index in [0.29, 0.717) is 0 Å². The van der Waals surface area contributed by atoms with E-state index in [0.717, 1.165) is 17.8 Å². The van der Waals surface area contributed by atoms with E-state index in [9.17, 15) is 0 Å². The third kappa shape index (κ3) is 2.12. The van der Waals surface area contributed by atoms with Crippen molar-refractivity contribution in [2.45, 2.75) is 59.8 Å². The highest BCUT2D eigenvalue weighted by atomic mass is 14.4. The van der Waals surface area contributed by atoms with Crippen LogP contribution in [0.1, 0.15) is 59.8 Å². The van der Waals surface area contributed by atoms with Crippen molar-refractivity contribution in [1.82, 2.24) is 0 Å². The second-order valence-corrected chi connectivity index (χ2v) is 5.91. The minimum atomic E-state index is 0.781. The average molecular weight is 218 g/mol. The molecular formula is C16H26. The molecular weight excluding hydrogens is 192 g/mol. The van der Waals surface area contributed by atoms with Crippen molar-refractivity contribution in [2.24, 2.45) is 17.8 Å². The van der Waals surface area contributed by atoms with Gasteiger partial charge < -0.3 is 0 Å². The fourth-order valence-electron chi connectivity index (χ4n) is 3.60. The molecule has 0 N–H and O–H groups in total. The van der Waals surface area contributed by atoms with Gasteiger partial charge in [-0.3, -0.25) is 0 Å². The van der Waals surface area contributed by atoms with E-state index in [4.69, 9.17) is 0 Å². The minimum Gasteiger partial charge on any atom is -0.0784 e. The molecule has 0 nitrogen and oxygen atoms in total. The highest BCUT2D eigenvalue weighted by Crippen LogP contribution is 2.48. The van der Waals surface area contributed by atoms with Crippen molar-refractivity contribution in [2.75, 3.05) is 0 Å². The summed E-state index contributed by atoms with van der Waals surface area (Å²) >= 11 is 0. The molecule has 2 rings (SSSR count). The van der Waals surface area contributed by atoms with Crippen LogP contribution in [0.2, 0.25) is 0 Å². The number of rotatable bonds is 2. The molecule has 3 atom stereocenters. The van der Waals surface area contributed by atoms with Gasteiger partial charge in [0, 0.05) is 0 Å². The molecule has 0 aliphatic heterocycles. The largest absolute Gasteiger partial charge is 0.0784 e. The molecule has 90 valence electrons. The molecule has 0 aromatic heterocycles. The first kappa shape index (κ1) is 12.0. The van der Waals surface area contributed by atoms with Gasteiger partial charge in [0.15, 0.2) is 0 Å². The summed E-state index contributed by atoms with van der Waals surface area (Å²) in [6.07, 6.45) is 9.38. The summed E-state index contributed by atoms with van der Waals surface area (Å²) in [6.45, 7) is 9.38. The first-order valence-corrected chi connectivity index (χ1v) is 7.00. The van der Waals surface area contributed by atoms with Gasteiger partial charge in [0.1, 0.15) is 0 Å². The average Bonchev–Trinajstić information content (AvgIpc) is 2.66. The molecule has 2 aliphatic carbocycles. The molecule has 0 bridgehead atoms. The van der Waals surface area contributed by atoms with Gasteiger partial charge in [-0.05, 0) is 63.7 Å². The van der Waals surface area contributed by atoms with Crippen LogP contribution in [0.25, 0.3) is 0 Å². The van der Waals surface area contributed by atoms with Gasteiger partial charge >= 0.3 is 0 Å². The van der Waals surface area contributed by atoms with Gasteiger partial charge in [-0.1, -0.05) is 36.6 Å². The Kier molecular flexibility index (Phi) is 3.56. The van der Waals surface area contributed by atoms with Gasteiger partial charge in [0.05, 0.1) is 0 Å².